The highest BCUT2D eigenvalue weighted by Gasteiger charge is 2.30. The van der Waals surface area contributed by atoms with Crippen LogP contribution >= 0.6 is 11.8 Å². The van der Waals surface area contributed by atoms with E-state index in [4.69, 9.17) is 0 Å². The van der Waals surface area contributed by atoms with E-state index >= 15 is 0 Å². The number of rotatable bonds is 8. The highest BCUT2D eigenvalue weighted by atomic mass is 32.2. The van der Waals surface area contributed by atoms with E-state index in [0.717, 1.165) is 29.5 Å². The molecular weight excluding hydrogens is 290 g/mol. The zero-order valence-corrected chi connectivity index (χ0v) is 13.8. The first-order chi connectivity index (χ1) is 9.50. The molecule has 0 bridgehead atoms. The normalized spacial score (nSPS) is 17.1. The zero-order chi connectivity index (χ0) is 14.6. The van der Waals surface area contributed by atoms with Crippen molar-refractivity contribution in [3.8, 4) is 0 Å². The minimum absolute atomic E-state index is 0.393. The summed E-state index contributed by atoms with van der Waals surface area (Å²) < 4.78 is 22.8. The van der Waals surface area contributed by atoms with Gasteiger partial charge in [0.15, 0.2) is 9.84 Å². The molecule has 0 heterocycles. The van der Waals surface area contributed by atoms with Crippen LogP contribution < -0.4 is 5.32 Å². The number of sulfone groups is 1. The summed E-state index contributed by atoms with van der Waals surface area (Å²) in [5, 5.41) is 3.62. The molecule has 5 heteroatoms. The number of thioether (sulfide) groups is 1. The van der Waals surface area contributed by atoms with Crippen LogP contribution in [0.1, 0.15) is 26.2 Å². The highest BCUT2D eigenvalue weighted by Crippen LogP contribution is 2.35. The summed E-state index contributed by atoms with van der Waals surface area (Å²) in [7, 11) is -3.09. The number of nitrogens with one attached hydrogen (secondary N) is 1. The molecule has 0 radical (unpaired) electrons. The average molecular weight is 313 g/mol. The van der Waals surface area contributed by atoms with E-state index < -0.39 is 9.84 Å². The fourth-order valence-corrected chi connectivity index (χ4v) is 3.88. The molecule has 0 amide bonds. The van der Waals surface area contributed by atoms with Gasteiger partial charge < -0.3 is 5.32 Å². The Balaban J connectivity index is 1.89. The predicted molar refractivity (Wildman–Crippen MR) is 85.1 cm³/mol. The van der Waals surface area contributed by atoms with Crippen LogP contribution in [-0.4, -0.2) is 33.0 Å². The Morgan fingerprint density at radius 2 is 1.95 bits per heavy atom. The van der Waals surface area contributed by atoms with Crippen LogP contribution in [0.5, 0.6) is 0 Å². The molecule has 20 heavy (non-hydrogen) atoms. The number of hydrogen-bond donors (Lipinski definition) is 1. The van der Waals surface area contributed by atoms with Gasteiger partial charge in [0.1, 0.15) is 0 Å². The highest BCUT2D eigenvalue weighted by molar-refractivity contribution is 7.99. The van der Waals surface area contributed by atoms with E-state index in [9.17, 15) is 8.42 Å². The van der Waals surface area contributed by atoms with Crippen LogP contribution in [0.25, 0.3) is 0 Å². The molecule has 1 aromatic rings. The van der Waals surface area contributed by atoms with Gasteiger partial charge in [-0.3, -0.25) is 0 Å². The smallest absolute Gasteiger partial charge is 0.175 e. The van der Waals surface area contributed by atoms with Gasteiger partial charge in [-0.25, -0.2) is 8.42 Å². The Morgan fingerprint density at radius 1 is 1.30 bits per heavy atom. The minimum Gasteiger partial charge on any atom is -0.313 e. The van der Waals surface area contributed by atoms with Gasteiger partial charge in [-0.05, 0) is 56.0 Å². The van der Waals surface area contributed by atoms with Crippen molar-refractivity contribution in [2.45, 2.75) is 42.0 Å². The van der Waals surface area contributed by atoms with Crippen LogP contribution in [0.15, 0.2) is 34.1 Å². The minimum atomic E-state index is -3.09. The van der Waals surface area contributed by atoms with Crippen LogP contribution in [0.2, 0.25) is 0 Å². The molecule has 1 saturated carbocycles. The van der Waals surface area contributed by atoms with Gasteiger partial charge in [-0.2, -0.15) is 0 Å². The summed E-state index contributed by atoms with van der Waals surface area (Å²) in [5.41, 5.74) is 0. The van der Waals surface area contributed by atoms with Crippen molar-refractivity contribution in [3.05, 3.63) is 24.3 Å². The first-order valence-corrected chi connectivity index (χ1v) is 10.0. The van der Waals surface area contributed by atoms with Gasteiger partial charge in [-0.1, -0.05) is 6.92 Å². The molecular formula is C15H23NO2S2. The van der Waals surface area contributed by atoms with E-state index in [1.54, 1.807) is 12.1 Å². The second-order valence-corrected chi connectivity index (χ2v) is 8.56. The largest absolute Gasteiger partial charge is 0.313 e. The van der Waals surface area contributed by atoms with Crippen LogP contribution in [0, 0.1) is 5.92 Å². The Kier molecular flexibility index (Phi) is 5.52. The maximum atomic E-state index is 11.4. The van der Waals surface area contributed by atoms with Gasteiger partial charge in [0.2, 0.25) is 0 Å². The average Bonchev–Trinajstić information content (AvgIpc) is 3.23. The zero-order valence-electron chi connectivity index (χ0n) is 12.1. The Hall–Kier alpha value is -0.520. The van der Waals surface area contributed by atoms with E-state index in [1.807, 2.05) is 23.9 Å². The lowest BCUT2D eigenvalue weighted by Crippen LogP contribution is -2.33. The van der Waals surface area contributed by atoms with Gasteiger partial charge in [0, 0.05) is 22.9 Å². The molecule has 0 saturated heterocycles. The molecule has 0 aliphatic heterocycles. The van der Waals surface area contributed by atoms with Gasteiger partial charge in [-0.15, -0.1) is 11.8 Å². The maximum Gasteiger partial charge on any atom is 0.175 e. The quantitative estimate of drug-likeness (QED) is 0.750. The van der Waals surface area contributed by atoms with Crippen molar-refractivity contribution in [3.63, 3.8) is 0 Å². The van der Waals surface area contributed by atoms with Crippen molar-refractivity contribution in [2.24, 2.45) is 5.92 Å². The van der Waals surface area contributed by atoms with Crippen molar-refractivity contribution < 1.29 is 8.42 Å². The molecule has 1 N–H and O–H groups in total. The summed E-state index contributed by atoms with van der Waals surface area (Å²) in [6.07, 6.45) is 5.09. The predicted octanol–water partition coefficient (Wildman–Crippen LogP) is 2.96. The second-order valence-electron chi connectivity index (χ2n) is 5.45. The van der Waals surface area contributed by atoms with Gasteiger partial charge in [0.25, 0.3) is 0 Å². The molecule has 1 aromatic carbocycles. The summed E-state index contributed by atoms with van der Waals surface area (Å²) in [6, 6.07) is 7.80. The molecule has 3 nitrogen and oxygen atoms in total. The molecule has 1 aliphatic carbocycles. The Morgan fingerprint density at radius 3 is 2.45 bits per heavy atom. The molecule has 1 aliphatic rings. The van der Waals surface area contributed by atoms with E-state index in [1.165, 1.54) is 19.1 Å². The molecule has 1 unspecified atom stereocenters. The van der Waals surface area contributed by atoms with Crippen LogP contribution in [0.4, 0.5) is 0 Å². The lowest BCUT2D eigenvalue weighted by Gasteiger charge is -2.17. The topological polar surface area (TPSA) is 46.2 Å². The van der Waals surface area contributed by atoms with Crippen molar-refractivity contribution >= 4 is 21.6 Å². The standard InChI is InChI=1S/C15H23NO2S2/c1-3-10-16-15(12-4-5-12)11-19-13-6-8-14(9-7-13)20(2,17)18/h6-9,12,15-16H,3-5,10-11H2,1-2H3. The Labute approximate surface area is 126 Å². The first-order valence-electron chi connectivity index (χ1n) is 7.17. The fraction of sp³-hybridized carbons (Fsp3) is 0.600. The molecule has 1 fully saturated rings. The lowest BCUT2D eigenvalue weighted by atomic mass is 10.2. The van der Waals surface area contributed by atoms with Gasteiger partial charge in [0.05, 0.1) is 4.90 Å². The SMILES string of the molecule is CCCNC(CSc1ccc(S(C)(=O)=O)cc1)C1CC1. The Bertz CT molecular complexity index is 521. The molecule has 112 valence electrons. The molecule has 0 spiro atoms. The fourth-order valence-electron chi connectivity index (χ4n) is 2.16. The third-order valence-electron chi connectivity index (χ3n) is 3.53. The summed E-state index contributed by atoms with van der Waals surface area (Å²) in [4.78, 5) is 1.53. The van der Waals surface area contributed by atoms with Crippen molar-refractivity contribution in [1.82, 2.24) is 5.32 Å². The molecule has 2 rings (SSSR count). The first kappa shape index (κ1) is 15.9. The van der Waals surface area contributed by atoms with Crippen molar-refractivity contribution in [2.75, 3.05) is 18.6 Å². The number of hydrogen-bond acceptors (Lipinski definition) is 4. The second kappa shape index (κ2) is 6.96. The third kappa shape index (κ3) is 4.79. The number of benzene rings is 1. The van der Waals surface area contributed by atoms with E-state index in [2.05, 4.69) is 12.2 Å². The maximum absolute atomic E-state index is 11.4. The van der Waals surface area contributed by atoms with Gasteiger partial charge >= 0.3 is 0 Å². The van der Waals surface area contributed by atoms with E-state index in [-0.39, 0.29) is 0 Å². The third-order valence-corrected chi connectivity index (χ3v) is 5.79. The summed E-state index contributed by atoms with van der Waals surface area (Å²) >= 11 is 1.81. The van der Waals surface area contributed by atoms with Crippen LogP contribution in [-0.2, 0) is 9.84 Å². The van der Waals surface area contributed by atoms with Crippen molar-refractivity contribution in [1.29, 1.82) is 0 Å². The van der Waals surface area contributed by atoms with E-state index in [0.29, 0.717) is 10.9 Å². The lowest BCUT2D eigenvalue weighted by molar-refractivity contribution is 0.503. The monoisotopic (exact) mass is 313 g/mol. The van der Waals surface area contributed by atoms with Crippen LogP contribution in [0.3, 0.4) is 0 Å². The molecule has 1 atom stereocenters. The summed E-state index contributed by atoms with van der Waals surface area (Å²) in [5.74, 6) is 1.90. The summed E-state index contributed by atoms with van der Waals surface area (Å²) in [6.45, 7) is 3.27. The molecule has 0 aromatic heterocycles.